The van der Waals surface area contributed by atoms with Gasteiger partial charge in [-0.3, -0.25) is 10.1 Å². The first-order valence-corrected chi connectivity index (χ1v) is 11.0. The van der Waals surface area contributed by atoms with Gasteiger partial charge in [0, 0.05) is 5.39 Å². The number of allylic oxidation sites excluding steroid dienone is 1. The monoisotopic (exact) mass is 475 g/mol. The van der Waals surface area contributed by atoms with E-state index >= 15 is 0 Å². The average Bonchev–Trinajstić information content (AvgIpc) is 3.23. The lowest BCUT2D eigenvalue weighted by atomic mass is 10.0. The Morgan fingerprint density at radius 1 is 1.06 bits per heavy atom. The summed E-state index contributed by atoms with van der Waals surface area (Å²) in [6.07, 6.45) is 2.05. The third-order valence-corrected chi connectivity index (χ3v) is 5.79. The number of aromatic nitrogens is 1. The van der Waals surface area contributed by atoms with Crippen LogP contribution >= 0.6 is 0 Å². The van der Waals surface area contributed by atoms with Gasteiger partial charge in [-0.15, -0.1) is 0 Å². The maximum absolute atomic E-state index is 13.2. The molecule has 1 unspecified atom stereocenters. The van der Waals surface area contributed by atoms with Crippen molar-refractivity contribution in [3.63, 3.8) is 0 Å². The molecule has 35 heavy (non-hydrogen) atoms. The fourth-order valence-electron chi connectivity index (χ4n) is 4.15. The predicted octanol–water partition coefficient (Wildman–Crippen LogP) is 3.48. The topological polar surface area (TPSA) is 130 Å². The molecule has 3 amide bonds. The minimum atomic E-state index is -1.21. The highest BCUT2D eigenvalue weighted by atomic mass is 16.5. The van der Waals surface area contributed by atoms with E-state index < -0.39 is 24.0 Å². The summed E-state index contributed by atoms with van der Waals surface area (Å²) in [6, 6.07) is 11.9. The molecule has 0 saturated carbocycles. The van der Waals surface area contributed by atoms with E-state index in [1.165, 1.54) is 6.92 Å². The Kier molecular flexibility index (Phi) is 6.68. The van der Waals surface area contributed by atoms with Crippen LogP contribution in [0.2, 0.25) is 0 Å². The van der Waals surface area contributed by atoms with Crippen molar-refractivity contribution in [2.24, 2.45) is 5.73 Å². The third-order valence-electron chi connectivity index (χ3n) is 5.79. The van der Waals surface area contributed by atoms with Crippen molar-refractivity contribution in [2.45, 2.75) is 25.9 Å². The molecule has 9 heteroatoms. The van der Waals surface area contributed by atoms with Gasteiger partial charge in [-0.25, -0.2) is 14.6 Å². The molecule has 0 aliphatic heterocycles. The number of para-hydroxylation sites is 1. The van der Waals surface area contributed by atoms with Gasteiger partial charge in [0.25, 0.3) is 5.91 Å². The number of hydrogen-bond donors (Lipinski definition) is 2. The van der Waals surface area contributed by atoms with Gasteiger partial charge in [-0.05, 0) is 60.7 Å². The number of urea groups is 1. The molecule has 1 aromatic heterocycles. The second-order valence-electron chi connectivity index (χ2n) is 8.02. The van der Waals surface area contributed by atoms with Gasteiger partial charge < -0.3 is 19.9 Å². The largest absolute Gasteiger partial charge is 0.493 e. The predicted molar refractivity (Wildman–Crippen MR) is 130 cm³/mol. The zero-order valence-corrected chi connectivity index (χ0v) is 19.6. The molecule has 3 aromatic rings. The van der Waals surface area contributed by atoms with Gasteiger partial charge in [0.1, 0.15) is 0 Å². The number of imide groups is 1. The second kappa shape index (κ2) is 9.84. The standard InChI is InChI=1S/C26H25N3O6/c1-14(24(30)29-26(27)32)35-25(31)22-17-6-4-5-7-19(17)28-23-16(9-10-18(22)23)12-15-8-11-20(33-2)21(13-15)34-3/h4-8,11-14H,9-10H2,1-3H3,(H3,27,29,30,32). The number of hydrogen-bond acceptors (Lipinski definition) is 7. The Bertz CT molecular complexity index is 1360. The number of fused-ring (bicyclic) bond motifs is 2. The molecule has 0 saturated heterocycles. The maximum atomic E-state index is 13.2. The summed E-state index contributed by atoms with van der Waals surface area (Å²) in [6.45, 7) is 1.38. The minimum Gasteiger partial charge on any atom is -0.493 e. The molecule has 0 radical (unpaired) electrons. The molecular formula is C26H25N3O6. The number of esters is 1. The SMILES string of the molecule is COc1ccc(C=C2CCc3c2nc2ccccc2c3C(=O)OC(C)C(=O)NC(N)=O)cc1OC. The summed E-state index contributed by atoms with van der Waals surface area (Å²) in [5, 5.41) is 2.55. The number of amides is 3. The van der Waals surface area contributed by atoms with Crippen molar-refractivity contribution in [3.05, 3.63) is 64.8 Å². The minimum absolute atomic E-state index is 0.361. The molecular weight excluding hydrogens is 450 g/mol. The Hall–Kier alpha value is -4.40. The smallest absolute Gasteiger partial charge is 0.339 e. The van der Waals surface area contributed by atoms with Crippen molar-refractivity contribution in [3.8, 4) is 11.5 Å². The summed E-state index contributed by atoms with van der Waals surface area (Å²) in [4.78, 5) is 41.1. The number of rotatable bonds is 6. The first-order valence-electron chi connectivity index (χ1n) is 11.0. The maximum Gasteiger partial charge on any atom is 0.339 e. The van der Waals surface area contributed by atoms with Gasteiger partial charge in [0.2, 0.25) is 0 Å². The zero-order chi connectivity index (χ0) is 25.1. The zero-order valence-electron chi connectivity index (χ0n) is 19.6. The fourth-order valence-corrected chi connectivity index (χ4v) is 4.15. The summed E-state index contributed by atoms with van der Waals surface area (Å²) in [7, 11) is 3.16. The summed E-state index contributed by atoms with van der Waals surface area (Å²) in [5.74, 6) is -0.224. The summed E-state index contributed by atoms with van der Waals surface area (Å²) in [5.41, 5.74) is 9.32. The third kappa shape index (κ3) is 4.79. The van der Waals surface area contributed by atoms with Gasteiger partial charge in [0.05, 0.1) is 31.0 Å². The normalized spacial score (nSPS) is 14.3. The highest BCUT2D eigenvalue weighted by molar-refractivity contribution is 6.08. The Morgan fingerprint density at radius 2 is 1.80 bits per heavy atom. The molecule has 1 aliphatic carbocycles. The molecule has 1 aliphatic rings. The van der Waals surface area contributed by atoms with Crippen LogP contribution in [0.5, 0.6) is 11.5 Å². The van der Waals surface area contributed by atoms with Crippen LogP contribution in [0, 0.1) is 0 Å². The van der Waals surface area contributed by atoms with E-state index in [0.29, 0.717) is 46.5 Å². The highest BCUT2D eigenvalue weighted by Gasteiger charge is 2.29. The van der Waals surface area contributed by atoms with Crippen molar-refractivity contribution >= 4 is 40.5 Å². The number of methoxy groups -OCH3 is 2. The Morgan fingerprint density at radius 3 is 2.51 bits per heavy atom. The molecule has 9 nitrogen and oxygen atoms in total. The van der Waals surface area contributed by atoms with E-state index in [-0.39, 0.29) is 0 Å². The first kappa shape index (κ1) is 23.7. The molecule has 2 aromatic carbocycles. The van der Waals surface area contributed by atoms with Crippen LogP contribution in [-0.4, -0.2) is 43.2 Å². The fraction of sp³-hybridized carbons (Fsp3) is 0.231. The van der Waals surface area contributed by atoms with Crippen LogP contribution in [0.15, 0.2) is 42.5 Å². The van der Waals surface area contributed by atoms with Crippen molar-refractivity contribution in [1.82, 2.24) is 10.3 Å². The van der Waals surface area contributed by atoms with Crippen LogP contribution in [0.3, 0.4) is 0 Å². The number of carbonyl (C=O) groups is 3. The number of pyridine rings is 1. The van der Waals surface area contributed by atoms with Crippen LogP contribution in [-0.2, 0) is 16.0 Å². The summed E-state index contributed by atoms with van der Waals surface area (Å²) >= 11 is 0. The number of nitrogens with zero attached hydrogens (tertiary/aromatic N) is 1. The van der Waals surface area contributed by atoms with Gasteiger partial charge in [0.15, 0.2) is 17.6 Å². The molecule has 180 valence electrons. The Labute approximate surface area is 201 Å². The molecule has 3 N–H and O–H groups in total. The van der Waals surface area contributed by atoms with E-state index in [4.69, 9.17) is 24.9 Å². The van der Waals surface area contributed by atoms with E-state index in [2.05, 4.69) is 0 Å². The van der Waals surface area contributed by atoms with Crippen LogP contribution in [0.1, 0.15) is 40.5 Å². The number of nitrogens with two attached hydrogens (primary N) is 1. The lowest BCUT2D eigenvalue weighted by molar-refractivity contribution is -0.127. The first-order chi connectivity index (χ1) is 16.8. The quantitative estimate of drug-likeness (QED) is 0.522. The highest BCUT2D eigenvalue weighted by Crippen LogP contribution is 2.38. The van der Waals surface area contributed by atoms with Gasteiger partial charge in [-0.2, -0.15) is 0 Å². The van der Waals surface area contributed by atoms with Crippen LogP contribution in [0.25, 0.3) is 22.6 Å². The van der Waals surface area contributed by atoms with E-state index in [9.17, 15) is 14.4 Å². The molecule has 0 fully saturated rings. The van der Waals surface area contributed by atoms with Crippen molar-refractivity contribution < 1.29 is 28.6 Å². The number of primary amides is 1. The van der Waals surface area contributed by atoms with E-state index in [0.717, 1.165) is 16.7 Å². The molecule has 0 spiro atoms. The number of ether oxygens (including phenoxy) is 3. The molecule has 0 bridgehead atoms. The number of benzene rings is 2. The second-order valence-corrected chi connectivity index (χ2v) is 8.02. The lowest BCUT2D eigenvalue weighted by Gasteiger charge is -2.15. The van der Waals surface area contributed by atoms with Crippen molar-refractivity contribution in [1.29, 1.82) is 0 Å². The number of nitrogens with one attached hydrogen (secondary N) is 1. The van der Waals surface area contributed by atoms with E-state index in [1.807, 2.05) is 47.8 Å². The van der Waals surface area contributed by atoms with E-state index in [1.54, 1.807) is 20.3 Å². The van der Waals surface area contributed by atoms with Gasteiger partial charge >= 0.3 is 12.0 Å². The van der Waals surface area contributed by atoms with Crippen LogP contribution < -0.4 is 20.5 Å². The van der Waals surface area contributed by atoms with Crippen molar-refractivity contribution in [2.75, 3.05) is 14.2 Å². The molecule has 4 rings (SSSR count). The molecule has 1 atom stereocenters. The average molecular weight is 476 g/mol. The number of carbonyl (C=O) groups excluding carboxylic acids is 3. The van der Waals surface area contributed by atoms with Gasteiger partial charge in [-0.1, -0.05) is 24.3 Å². The Balaban J connectivity index is 1.75. The molecule has 1 heterocycles. The summed E-state index contributed by atoms with van der Waals surface area (Å²) < 4.78 is 16.1. The van der Waals surface area contributed by atoms with Crippen LogP contribution in [0.4, 0.5) is 4.79 Å². The lowest BCUT2D eigenvalue weighted by Crippen LogP contribution is -2.42.